The first-order chi connectivity index (χ1) is 14.4. The monoisotopic (exact) mass is 444 g/mol. The summed E-state index contributed by atoms with van der Waals surface area (Å²) in [6, 6.07) is 4.48. The van der Waals surface area contributed by atoms with Crippen LogP contribution in [0.4, 0.5) is 10.8 Å². The first-order valence-electron chi connectivity index (χ1n) is 8.90. The molecular weight excluding hydrogens is 428 g/mol. The number of benzene rings is 1. The van der Waals surface area contributed by atoms with Gasteiger partial charge in [-0.25, -0.2) is 14.8 Å². The second-order valence-corrected chi connectivity index (χ2v) is 8.59. The fourth-order valence-electron chi connectivity index (χ4n) is 2.59. The lowest BCUT2D eigenvalue weighted by molar-refractivity contribution is -0.117. The second kappa shape index (κ2) is 8.28. The molecule has 1 aromatic heterocycles. The van der Waals surface area contributed by atoms with Crippen molar-refractivity contribution < 1.29 is 24.2 Å². The van der Waals surface area contributed by atoms with Crippen LogP contribution in [-0.2, 0) is 9.59 Å². The molecule has 3 N–H and O–H groups in total. The molecule has 0 spiro atoms. The zero-order valence-electron chi connectivity index (χ0n) is 15.7. The summed E-state index contributed by atoms with van der Waals surface area (Å²) < 4.78 is 5.05. The van der Waals surface area contributed by atoms with Crippen molar-refractivity contribution in [2.75, 3.05) is 12.4 Å². The van der Waals surface area contributed by atoms with Crippen LogP contribution in [0.3, 0.4) is 0 Å². The van der Waals surface area contributed by atoms with E-state index in [0.717, 1.165) is 24.6 Å². The van der Waals surface area contributed by atoms with Crippen molar-refractivity contribution in [2.24, 2.45) is 10.9 Å². The number of hydrogen-bond acceptors (Lipinski definition) is 8. The summed E-state index contributed by atoms with van der Waals surface area (Å²) in [6.45, 7) is 0. The van der Waals surface area contributed by atoms with Crippen molar-refractivity contribution in [3.8, 4) is 5.75 Å². The minimum atomic E-state index is -1.15. The predicted octanol–water partition coefficient (Wildman–Crippen LogP) is 3.09. The number of aromatic nitrogens is 1. The van der Waals surface area contributed by atoms with E-state index in [-0.39, 0.29) is 34.2 Å². The average molecular weight is 444 g/mol. The van der Waals surface area contributed by atoms with E-state index in [0.29, 0.717) is 20.7 Å². The molecule has 0 radical (unpaired) electrons. The van der Waals surface area contributed by atoms with E-state index >= 15 is 0 Å². The zero-order valence-corrected chi connectivity index (χ0v) is 17.3. The summed E-state index contributed by atoms with van der Waals surface area (Å²) in [5, 5.41) is 15.5. The molecule has 30 heavy (non-hydrogen) atoms. The van der Waals surface area contributed by atoms with Gasteiger partial charge in [0.15, 0.2) is 10.3 Å². The Hall–Kier alpha value is -3.18. The molecule has 154 valence electrons. The lowest BCUT2D eigenvalue weighted by atomic mass is 10.1. The first-order valence-corrected chi connectivity index (χ1v) is 10.5. The Balaban J connectivity index is 1.51. The molecule has 0 atom stereocenters. The van der Waals surface area contributed by atoms with Crippen LogP contribution in [0.1, 0.15) is 28.1 Å². The maximum Gasteiger partial charge on any atom is 0.338 e. The van der Waals surface area contributed by atoms with Crippen LogP contribution in [0.25, 0.3) is 6.08 Å². The number of thiazole rings is 1. The molecule has 2 heterocycles. The Bertz CT molecular complexity index is 1100. The van der Waals surface area contributed by atoms with E-state index in [4.69, 9.17) is 4.74 Å². The number of carboxylic acids is 1. The normalized spacial score (nSPS) is 18.5. The lowest BCUT2D eigenvalue weighted by Crippen LogP contribution is -2.19. The Labute approximate surface area is 179 Å². The van der Waals surface area contributed by atoms with Crippen LogP contribution in [0, 0.1) is 5.92 Å². The standard InChI is InChI=1S/C19H16N4O5S2/c1-28-10-4-5-13(12(6-10)17(26)27)21-19-23-16(25)14(30-19)7-11-8-20-18(29-11)22-15(24)9-2-3-9/h4-9H,2-3H2,1H3,(H,26,27)(H,20,22,24)(H,21,23,25)/b14-7-. The average Bonchev–Trinajstić information content (AvgIpc) is 3.40. The number of carbonyl (C=O) groups excluding carboxylic acids is 2. The predicted molar refractivity (Wildman–Crippen MR) is 114 cm³/mol. The number of anilines is 1. The van der Waals surface area contributed by atoms with Gasteiger partial charge in [-0.2, -0.15) is 0 Å². The molecule has 1 aliphatic heterocycles. The van der Waals surface area contributed by atoms with Crippen LogP contribution in [-0.4, -0.2) is 40.2 Å². The van der Waals surface area contributed by atoms with Gasteiger partial charge < -0.3 is 20.5 Å². The molecule has 1 saturated carbocycles. The molecule has 2 fully saturated rings. The van der Waals surface area contributed by atoms with Crippen molar-refractivity contribution in [2.45, 2.75) is 12.8 Å². The number of nitrogens with zero attached hydrogens (tertiary/aromatic N) is 2. The fraction of sp³-hybridized carbons (Fsp3) is 0.211. The molecule has 0 bridgehead atoms. The van der Waals surface area contributed by atoms with E-state index in [9.17, 15) is 19.5 Å². The third-order valence-corrected chi connectivity index (χ3v) is 6.05. The smallest absolute Gasteiger partial charge is 0.338 e. The van der Waals surface area contributed by atoms with Crippen LogP contribution < -0.4 is 15.4 Å². The molecule has 1 aliphatic carbocycles. The highest BCUT2D eigenvalue weighted by Gasteiger charge is 2.30. The van der Waals surface area contributed by atoms with Gasteiger partial charge in [0.1, 0.15) is 5.75 Å². The van der Waals surface area contributed by atoms with Crippen molar-refractivity contribution >= 4 is 62.9 Å². The third kappa shape index (κ3) is 4.52. The highest BCUT2D eigenvalue weighted by molar-refractivity contribution is 8.18. The summed E-state index contributed by atoms with van der Waals surface area (Å²) >= 11 is 2.36. The number of hydrogen-bond donors (Lipinski definition) is 3. The number of ether oxygens (including phenoxy) is 1. The highest BCUT2D eigenvalue weighted by Crippen LogP contribution is 2.33. The van der Waals surface area contributed by atoms with Crippen molar-refractivity contribution in [1.29, 1.82) is 0 Å². The lowest BCUT2D eigenvalue weighted by Gasteiger charge is -2.05. The summed E-state index contributed by atoms with van der Waals surface area (Å²) in [5.41, 5.74) is 0.169. The molecule has 0 unspecified atom stereocenters. The molecule has 2 amide bonds. The Morgan fingerprint density at radius 3 is 2.90 bits per heavy atom. The first kappa shape index (κ1) is 20.1. The van der Waals surface area contributed by atoms with Crippen molar-refractivity contribution in [3.05, 3.63) is 39.7 Å². The quantitative estimate of drug-likeness (QED) is 0.584. The summed E-state index contributed by atoms with van der Waals surface area (Å²) in [6.07, 6.45) is 5.05. The van der Waals surface area contributed by atoms with E-state index < -0.39 is 5.97 Å². The van der Waals surface area contributed by atoms with Gasteiger partial charge in [-0.05, 0) is 48.9 Å². The Morgan fingerprint density at radius 1 is 1.40 bits per heavy atom. The summed E-state index contributed by atoms with van der Waals surface area (Å²) in [4.78, 5) is 45.1. The molecular formula is C19H16N4O5S2. The number of nitrogens with one attached hydrogen (secondary N) is 2. The molecule has 2 aliphatic rings. The van der Waals surface area contributed by atoms with E-state index in [1.54, 1.807) is 18.3 Å². The molecule has 11 heteroatoms. The van der Waals surface area contributed by atoms with Gasteiger partial charge in [-0.3, -0.25) is 9.59 Å². The largest absolute Gasteiger partial charge is 0.497 e. The van der Waals surface area contributed by atoms with E-state index in [1.165, 1.54) is 30.6 Å². The van der Waals surface area contributed by atoms with Crippen molar-refractivity contribution in [1.82, 2.24) is 10.3 Å². The highest BCUT2D eigenvalue weighted by atomic mass is 32.2. The molecule has 4 rings (SSSR count). The SMILES string of the molecule is COc1ccc(/N=C2/NC(=O)/C(=C/c3cnc(NC(=O)C4CC4)s3)S2)c(C(=O)O)c1. The zero-order chi connectivity index (χ0) is 21.3. The van der Waals surface area contributed by atoms with Gasteiger partial charge in [0.25, 0.3) is 5.91 Å². The topological polar surface area (TPSA) is 130 Å². The number of aliphatic imine (C=N–C) groups is 1. The van der Waals surface area contributed by atoms with Crippen LogP contribution in [0.2, 0.25) is 0 Å². The molecule has 2 aromatic rings. The molecule has 9 nitrogen and oxygen atoms in total. The number of amidine groups is 1. The number of carboxylic acid groups (broad SMARTS) is 1. The van der Waals surface area contributed by atoms with Gasteiger partial charge in [-0.1, -0.05) is 11.3 Å². The maximum atomic E-state index is 12.3. The van der Waals surface area contributed by atoms with E-state index in [1.807, 2.05) is 0 Å². The number of thioether (sulfide) groups is 1. The number of methoxy groups -OCH3 is 1. The van der Waals surface area contributed by atoms with Gasteiger partial charge >= 0.3 is 5.97 Å². The maximum absolute atomic E-state index is 12.3. The van der Waals surface area contributed by atoms with E-state index in [2.05, 4.69) is 20.6 Å². The third-order valence-electron chi connectivity index (χ3n) is 4.28. The van der Waals surface area contributed by atoms with Gasteiger partial charge in [0.2, 0.25) is 5.91 Å². The van der Waals surface area contributed by atoms with Gasteiger partial charge in [0.05, 0.1) is 28.1 Å². The van der Waals surface area contributed by atoms with Crippen molar-refractivity contribution in [3.63, 3.8) is 0 Å². The Morgan fingerprint density at radius 2 is 2.20 bits per heavy atom. The molecule has 1 saturated heterocycles. The van der Waals surface area contributed by atoms with Gasteiger partial charge in [0, 0.05) is 12.1 Å². The number of amides is 2. The fourth-order valence-corrected chi connectivity index (χ4v) is 4.26. The summed E-state index contributed by atoms with van der Waals surface area (Å²) in [5.74, 6) is -1.04. The van der Waals surface area contributed by atoms with Crippen LogP contribution >= 0.6 is 23.1 Å². The number of aromatic carboxylic acids is 1. The second-order valence-electron chi connectivity index (χ2n) is 6.50. The Kier molecular flexibility index (Phi) is 5.55. The minimum absolute atomic E-state index is 0.0281. The summed E-state index contributed by atoms with van der Waals surface area (Å²) in [7, 11) is 1.44. The number of rotatable bonds is 6. The molecule has 1 aromatic carbocycles. The minimum Gasteiger partial charge on any atom is -0.497 e. The number of carbonyl (C=O) groups is 3. The van der Waals surface area contributed by atoms with Gasteiger partial charge in [-0.15, -0.1) is 0 Å². The van der Waals surface area contributed by atoms with Crippen LogP contribution in [0.5, 0.6) is 5.75 Å². The van der Waals surface area contributed by atoms with Crippen LogP contribution in [0.15, 0.2) is 34.3 Å².